The number of hydrogen-bond donors (Lipinski definition) is 2. The Morgan fingerprint density at radius 2 is 1.69 bits per heavy atom. The number of Topliss-reactive ketones (excluding diaryl/α,β-unsaturated/α-hetero) is 1. The highest BCUT2D eigenvalue weighted by molar-refractivity contribution is 5.94. The first-order valence-electron chi connectivity index (χ1n) is 18.7. The number of amides is 2. The number of nitrogens with zero attached hydrogens (tertiary/aromatic N) is 6. The average Bonchev–Trinajstić information content (AvgIpc) is 3.51. The molecule has 1 aromatic carbocycles. The Kier molecular flexibility index (Phi) is 11.0. The molecule has 12 heteroatoms. The maximum absolute atomic E-state index is 13.5. The number of carbonyl (C=O) groups excluding carboxylic acids is 2. The molecule has 4 aromatic rings. The van der Waals surface area contributed by atoms with Crippen molar-refractivity contribution >= 4 is 23.3 Å². The highest BCUT2D eigenvalue weighted by atomic mass is 16.5. The molecule has 4 heterocycles. The maximum atomic E-state index is 13.5. The molecule has 2 N–H and O–H groups in total. The summed E-state index contributed by atoms with van der Waals surface area (Å²) in [7, 11) is 1.73. The molecule has 6 rings (SSSR count). The molecule has 12 nitrogen and oxygen atoms in total. The first kappa shape index (κ1) is 37.3. The van der Waals surface area contributed by atoms with Gasteiger partial charge in [-0.15, -0.1) is 10.2 Å². The number of likely N-dealkylation sites (tertiary alicyclic amines) is 1. The highest BCUT2D eigenvalue weighted by Gasteiger charge is 2.38. The molecule has 1 saturated heterocycles. The molecular formula is C40H54N8O4. The Balaban J connectivity index is 1.14. The van der Waals surface area contributed by atoms with Gasteiger partial charge in [0.25, 0.3) is 0 Å². The number of urea groups is 1. The second kappa shape index (κ2) is 15.3. The van der Waals surface area contributed by atoms with Crippen LogP contribution in [0.25, 0.3) is 5.65 Å². The van der Waals surface area contributed by atoms with Crippen molar-refractivity contribution in [3.05, 3.63) is 77.1 Å². The Morgan fingerprint density at radius 3 is 2.38 bits per heavy atom. The number of aromatic nitrogens is 5. The quantitative estimate of drug-likeness (QED) is 0.135. The van der Waals surface area contributed by atoms with Crippen LogP contribution in [0.2, 0.25) is 0 Å². The molecule has 0 radical (unpaired) electrons. The van der Waals surface area contributed by atoms with Gasteiger partial charge >= 0.3 is 6.03 Å². The second-order valence-corrected chi connectivity index (χ2v) is 15.8. The number of fused-ring (bicyclic) bond motifs is 2. The van der Waals surface area contributed by atoms with E-state index >= 15 is 0 Å². The molecule has 2 aliphatic rings. The standard InChI is InChI=1S/C40H54N8O4/c1-9-25(10-2)37-46-45-35-18-15-26(24-48(35)37)52-32-17-16-30(28-13-11-12-14-29(28)32)41-38(50)44-34-21-33(39(3,4)5)42-36(43-34)31(49)19-20-40(6,7)47-22-27(23-47)51-8/h11-15,18,21,24-25,27,30,32H,9-10,16-17,19-20,22-23H2,1-8H3,(H2,41,42,43,44,50)/t30-,32+/m0/s1. The van der Waals surface area contributed by atoms with Crippen LogP contribution in [0.1, 0.15) is 138 Å². The molecule has 3 aromatic heterocycles. The normalized spacial score (nSPS) is 18.2. The first-order chi connectivity index (χ1) is 24.8. The minimum atomic E-state index is -0.394. The minimum absolute atomic E-state index is 0.122. The van der Waals surface area contributed by atoms with Gasteiger partial charge in [0.2, 0.25) is 0 Å². The number of carbonyl (C=O) groups is 2. The largest absolute Gasteiger partial charge is 0.484 e. The predicted octanol–water partition coefficient (Wildman–Crippen LogP) is 7.57. The van der Waals surface area contributed by atoms with Gasteiger partial charge in [0.1, 0.15) is 23.5 Å². The third kappa shape index (κ3) is 8.13. The number of anilines is 1. The number of pyridine rings is 1. The molecule has 1 fully saturated rings. The SMILES string of the molecule is CCC(CC)c1nnc2ccc(O[C@@H]3CC[C@H](NC(=O)Nc4cc(C(C)(C)C)nc(C(=O)CCC(C)(C)N5CC(OC)C5)n4)c4ccccc43)cn12. The minimum Gasteiger partial charge on any atom is -0.484 e. The van der Waals surface area contributed by atoms with Crippen molar-refractivity contribution in [2.24, 2.45) is 0 Å². The van der Waals surface area contributed by atoms with Crippen LogP contribution < -0.4 is 15.4 Å². The smallest absolute Gasteiger partial charge is 0.320 e. The van der Waals surface area contributed by atoms with E-state index in [0.29, 0.717) is 43.1 Å². The summed E-state index contributed by atoms with van der Waals surface area (Å²) in [4.78, 5) is 38.5. The molecule has 2 atom stereocenters. The van der Waals surface area contributed by atoms with Crippen LogP contribution in [-0.4, -0.2) is 73.1 Å². The molecule has 2 amide bonds. The number of ketones is 1. The summed E-state index contributed by atoms with van der Waals surface area (Å²) in [6.07, 6.45) is 6.38. The maximum Gasteiger partial charge on any atom is 0.320 e. The third-order valence-electron chi connectivity index (χ3n) is 10.8. The van der Waals surface area contributed by atoms with E-state index in [4.69, 9.17) is 9.47 Å². The van der Waals surface area contributed by atoms with Crippen LogP contribution in [0.4, 0.5) is 10.6 Å². The van der Waals surface area contributed by atoms with Crippen LogP contribution in [0.5, 0.6) is 5.75 Å². The van der Waals surface area contributed by atoms with Crippen molar-refractivity contribution in [1.82, 2.24) is 34.8 Å². The van der Waals surface area contributed by atoms with Gasteiger partial charge in [-0.1, -0.05) is 58.9 Å². The van der Waals surface area contributed by atoms with E-state index in [2.05, 4.69) is 69.5 Å². The highest BCUT2D eigenvalue weighted by Crippen LogP contribution is 2.39. The number of methoxy groups -OCH3 is 1. The summed E-state index contributed by atoms with van der Waals surface area (Å²) in [5.41, 5.74) is 3.01. The lowest BCUT2D eigenvalue weighted by molar-refractivity contribution is -0.0775. The molecule has 0 bridgehead atoms. The third-order valence-corrected chi connectivity index (χ3v) is 10.8. The zero-order valence-corrected chi connectivity index (χ0v) is 31.9. The fraction of sp³-hybridized carbons (Fsp3) is 0.550. The van der Waals surface area contributed by atoms with Crippen LogP contribution in [-0.2, 0) is 10.2 Å². The van der Waals surface area contributed by atoms with E-state index in [1.807, 2.05) is 61.7 Å². The number of ether oxygens (including phenoxy) is 2. The molecule has 0 spiro atoms. The van der Waals surface area contributed by atoms with Gasteiger partial charge in [0.15, 0.2) is 17.3 Å². The van der Waals surface area contributed by atoms with Crippen molar-refractivity contribution < 1.29 is 19.1 Å². The van der Waals surface area contributed by atoms with Crippen LogP contribution in [0.3, 0.4) is 0 Å². The Bertz CT molecular complexity index is 1890. The number of nitrogens with one attached hydrogen (secondary N) is 2. The number of benzene rings is 1. The summed E-state index contributed by atoms with van der Waals surface area (Å²) in [5, 5.41) is 14.9. The second-order valence-electron chi connectivity index (χ2n) is 15.8. The molecular weight excluding hydrogens is 656 g/mol. The topological polar surface area (TPSA) is 136 Å². The molecule has 52 heavy (non-hydrogen) atoms. The van der Waals surface area contributed by atoms with Crippen molar-refractivity contribution in [1.29, 1.82) is 0 Å². The lowest BCUT2D eigenvalue weighted by atomic mass is 9.85. The Labute approximate surface area is 307 Å². The summed E-state index contributed by atoms with van der Waals surface area (Å²) in [6, 6.07) is 13.1. The van der Waals surface area contributed by atoms with Gasteiger partial charge in [-0.05, 0) is 69.2 Å². The van der Waals surface area contributed by atoms with Gasteiger partial charge < -0.3 is 14.8 Å². The van der Waals surface area contributed by atoms with Crippen LogP contribution in [0, 0.1) is 0 Å². The first-order valence-corrected chi connectivity index (χ1v) is 18.7. The van der Waals surface area contributed by atoms with Crippen molar-refractivity contribution in [2.75, 3.05) is 25.5 Å². The van der Waals surface area contributed by atoms with Crippen molar-refractivity contribution in [3.63, 3.8) is 0 Å². The van der Waals surface area contributed by atoms with Gasteiger partial charge in [0.05, 0.1) is 24.0 Å². The fourth-order valence-corrected chi connectivity index (χ4v) is 7.18. The lowest BCUT2D eigenvalue weighted by Crippen LogP contribution is -2.60. The monoisotopic (exact) mass is 710 g/mol. The van der Waals surface area contributed by atoms with E-state index in [9.17, 15) is 9.59 Å². The summed E-state index contributed by atoms with van der Waals surface area (Å²) in [5.74, 6) is 2.30. The molecule has 1 aliphatic carbocycles. The van der Waals surface area contributed by atoms with E-state index in [-0.39, 0.29) is 40.8 Å². The van der Waals surface area contributed by atoms with E-state index in [1.165, 1.54) is 0 Å². The summed E-state index contributed by atoms with van der Waals surface area (Å²) < 4.78 is 14.1. The van der Waals surface area contributed by atoms with E-state index in [1.54, 1.807) is 13.2 Å². The number of rotatable bonds is 13. The summed E-state index contributed by atoms with van der Waals surface area (Å²) >= 11 is 0. The Morgan fingerprint density at radius 1 is 0.962 bits per heavy atom. The molecule has 1 aliphatic heterocycles. The van der Waals surface area contributed by atoms with Crippen molar-refractivity contribution in [3.8, 4) is 5.75 Å². The fourth-order valence-electron chi connectivity index (χ4n) is 7.18. The molecule has 0 unspecified atom stereocenters. The van der Waals surface area contributed by atoms with E-state index < -0.39 is 6.03 Å². The zero-order chi connectivity index (χ0) is 37.2. The zero-order valence-electron chi connectivity index (χ0n) is 31.9. The predicted molar refractivity (Wildman–Crippen MR) is 201 cm³/mol. The lowest BCUT2D eigenvalue weighted by Gasteiger charge is -2.48. The number of hydrogen-bond acceptors (Lipinski definition) is 9. The molecule has 278 valence electrons. The summed E-state index contributed by atoms with van der Waals surface area (Å²) in [6.45, 7) is 16.4. The van der Waals surface area contributed by atoms with Gasteiger partial charge in [0, 0.05) is 49.6 Å². The van der Waals surface area contributed by atoms with E-state index in [0.717, 1.165) is 54.3 Å². The average molecular weight is 711 g/mol. The van der Waals surface area contributed by atoms with Gasteiger partial charge in [-0.25, -0.2) is 14.8 Å². The van der Waals surface area contributed by atoms with Gasteiger partial charge in [-0.2, -0.15) is 0 Å². The van der Waals surface area contributed by atoms with Crippen LogP contribution in [0.15, 0.2) is 48.7 Å². The van der Waals surface area contributed by atoms with Crippen molar-refractivity contribution in [2.45, 2.75) is 122 Å². The van der Waals surface area contributed by atoms with Gasteiger partial charge in [-0.3, -0.25) is 19.4 Å². The Hall–Kier alpha value is -4.42. The molecule has 0 saturated carbocycles. The van der Waals surface area contributed by atoms with Crippen LogP contribution >= 0.6 is 0 Å².